The van der Waals surface area contributed by atoms with Gasteiger partial charge in [-0.25, -0.2) is 9.97 Å². The maximum absolute atomic E-state index is 11.2. The molecule has 2 aromatic rings. The fourth-order valence-electron chi connectivity index (χ4n) is 3.23. The first kappa shape index (κ1) is 18.8. The van der Waals surface area contributed by atoms with Crippen molar-refractivity contribution in [1.82, 2.24) is 9.97 Å². The van der Waals surface area contributed by atoms with Gasteiger partial charge in [0.25, 0.3) is 0 Å². The van der Waals surface area contributed by atoms with Crippen molar-refractivity contribution in [3.63, 3.8) is 0 Å². The van der Waals surface area contributed by atoms with Crippen molar-refractivity contribution in [2.24, 2.45) is 11.8 Å². The number of halogens is 1. The Morgan fingerprint density at radius 1 is 1.38 bits per heavy atom. The predicted molar refractivity (Wildman–Crippen MR) is 106 cm³/mol. The van der Waals surface area contributed by atoms with E-state index in [1.807, 2.05) is 24.5 Å². The number of rotatable bonds is 7. The van der Waals surface area contributed by atoms with Crippen molar-refractivity contribution in [3.8, 4) is 5.75 Å². The van der Waals surface area contributed by atoms with Gasteiger partial charge in [0, 0.05) is 30.0 Å². The smallest absolute Gasteiger partial charge is 0.225 e. The van der Waals surface area contributed by atoms with Crippen LogP contribution in [0.2, 0.25) is 0 Å². The number of hydrogen-bond donors (Lipinski definition) is 0. The van der Waals surface area contributed by atoms with Gasteiger partial charge < -0.3 is 9.64 Å². The van der Waals surface area contributed by atoms with E-state index in [0.29, 0.717) is 29.8 Å². The van der Waals surface area contributed by atoms with Gasteiger partial charge in [-0.2, -0.15) is 0 Å². The number of nitrogens with zero attached hydrogens (tertiary/aromatic N) is 3. The number of hydrogen-bond acceptors (Lipinski definition) is 5. The van der Waals surface area contributed by atoms with Crippen LogP contribution in [-0.2, 0) is 6.42 Å². The number of ether oxygens (including phenoxy) is 1. The van der Waals surface area contributed by atoms with Gasteiger partial charge in [0.15, 0.2) is 6.29 Å². The van der Waals surface area contributed by atoms with Gasteiger partial charge >= 0.3 is 0 Å². The van der Waals surface area contributed by atoms with Crippen LogP contribution >= 0.6 is 15.9 Å². The third-order valence-corrected chi connectivity index (χ3v) is 5.51. The van der Waals surface area contributed by atoms with Crippen molar-refractivity contribution in [2.75, 3.05) is 24.6 Å². The van der Waals surface area contributed by atoms with E-state index in [2.05, 4.69) is 44.6 Å². The first-order chi connectivity index (χ1) is 12.6. The molecule has 0 amide bonds. The second-order valence-corrected chi connectivity index (χ2v) is 7.74. The average molecular weight is 418 g/mol. The fraction of sp³-hybridized carbons (Fsp3) is 0.450. The minimum atomic E-state index is 0.387. The number of aldehydes is 1. The van der Waals surface area contributed by atoms with Crippen LogP contribution in [0.1, 0.15) is 36.2 Å². The van der Waals surface area contributed by atoms with Crippen LogP contribution in [-0.4, -0.2) is 36.0 Å². The normalized spacial score (nSPS) is 18.0. The molecule has 0 radical (unpaired) electrons. The highest BCUT2D eigenvalue weighted by Gasteiger charge is 2.29. The monoisotopic (exact) mass is 417 g/mol. The van der Waals surface area contributed by atoms with Gasteiger partial charge in [-0.15, -0.1) is 0 Å². The molecule has 0 spiro atoms. The maximum Gasteiger partial charge on any atom is 0.225 e. The molecule has 0 unspecified atom stereocenters. The van der Waals surface area contributed by atoms with E-state index in [1.165, 1.54) is 0 Å². The van der Waals surface area contributed by atoms with Crippen molar-refractivity contribution in [3.05, 3.63) is 46.2 Å². The molecule has 138 valence electrons. The molecule has 0 N–H and O–H groups in total. The molecule has 1 aliphatic heterocycles. The molecule has 2 atom stereocenters. The van der Waals surface area contributed by atoms with Gasteiger partial charge in [-0.3, -0.25) is 4.79 Å². The summed E-state index contributed by atoms with van der Waals surface area (Å²) in [4.78, 5) is 22.4. The van der Waals surface area contributed by atoms with Crippen molar-refractivity contribution >= 4 is 28.2 Å². The lowest BCUT2D eigenvalue weighted by molar-refractivity contribution is 0.111. The van der Waals surface area contributed by atoms with Crippen LogP contribution in [0.5, 0.6) is 5.75 Å². The molecule has 26 heavy (non-hydrogen) atoms. The molecule has 6 heteroatoms. The van der Waals surface area contributed by atoms with Gasteiger partial charge in [-0.1, -0.05) is 29.8 Å². The zero-order valence-corrected chi connectivity index (χ0v) is 16.8. The fourth-order valence-corrected chi connectivity index (χ4v) is 3.61. The predicted octanol–water partition coefficient (Wildman–Crippen LogP) is 4.16. The van der Waals surface area contributed by atoms with Crippen LogP contribution in [0.15, 0.2) is 35.1 Å². The quantitative estimate of drug-likeness (QED) is 0.633. The Kier molecular flexibility index (Phi) is 6.25. The Balaban J connectivity index is 1.56. The third kappa shape index (κ3) is 4.41. The Labute approximate surface area is 162 Å². The van der Waals surface area contributed by atoms with Crippen LogP contribution in [0.25, 0.3) is 0 Å². The number of aromatic nitrogens is 2. The SMILES string of the molecule is CCc1cnc(N2CC[C@H]([C@@H](C)COc3ccc(Br)cc3C=O)C2)nc1. The zero-order chi connectivity index (χ0) is 18.5. The summed E-state index contributed by atoms with van der Waals surface area (Å²) >= 11 is 3.38. The molecule has 1 saturated heterocycles. The van der Waals surface area contributed by atoms with Gasteiger partial charge in [0.05, 0.1) is 12.2 Å². The van der Waals surface area contributed by atoms with Crippen molar-refractivity contribution in [2.45, 2.75) is 26.7 Å². The molecule has 1 fully saturated rings. The van der Waals surface area contributed by atoms with E-state index < -0.39 is 0 Å². The van der Waals surface area contributed by atoms with E-state index in [-0.39, 0.29) is 0 Å². The first-order valence-corrected chi connectivity index (χ1v) is 9.83. The molecular formula is C20H24BrN3O2. The van der Waals surface area contributed by atoms with Crippen LogP contribution in [0.3, 0.4) is 0 Å². The Hall–Kier alpha value is -1.95. The van der Waals surface area contributed by atoms with E-state index >= 15 is 0 Å². The number of carbonyl (C=O) groups excluding carboxylic acids is 1. The molecule has 3 rings (SSSR count). The lowest BCUT2D eigenvalue weighted by Gasteiger charge is -2.21. The molecule has 0 saturated carbocycles. The second kappa shape index (κ2) is 8.62. The van der Waals surface area contributed by atoms with Crippen molar-refractivity contribution in [1.29, 1.82) is 0 Å². The molecule has 0 bridgehead atoms. The molecule has 1 aliphatic rings. The summed E-state index contributed by atoms with van der Waals surface area (Å²) in [5.74, 6) is 2.37. The van der Waals surface area contributed by atoms with E-state index in [0.717, 1.165) is 48.2 Å². The molecule has 1 aromatic heterocycles. The summed E-state index contributed by atoms with van der Waals surface area (Å²) in [6.45, 7) is 6.81. The Morgan fingerprint density at radius 2 is 2.15 bits per heavy atom. The standard InChI is InChI=1S/C20H24BrN3O2/c1-3-15-9-22-20(23-10-15)24-7-6-16(11-24)14(2)13-26-19-5-4-18(21)8-17(19)12-25/h4-5,8-10,12,14,16H,3,6-7,11,13H2,1-2H3/t14-,16-/m0/s1. The average Bonchev–Trinajstić information content (AvgIpc) is 3.17. The molecule has 0 aliphatic carbocycles. The van der Waals surface area contributed by atoms with Gasteiger partial charge in [0.2, 0.25) is 5.95 Å². The highest BCUT2D eigenvalue weighted by atomic mass is 79.9. The second-order valence-electron chi connectivity index (χ2n) is 6.83. The largest absolute Gasteiger partial charge is 0.493 e. The number of aryl methyl sites for hydroxylation is 1. The van der Waals surface area contributed by atoms with E-state index in [9.17, 15) is 4.79 Å². The molecule has 5 nitrogen and oxygen atoms in total. The Morgan fingerprint density at radius 3 is 2.85 bits per heavy atom. The van der Waals surface area contributed by atoms with E-state index in [1.54, 1.807) is 6.07 Å². The van der Waals surface area contributed by atoms with Gasteiger partial charge in [0.1, 0.15) is 5.75 Å². The number of anilines is 1. The lowest BCUT2D eigenvalue weighted by atomic mass is 9.94. The molecule has 2 heterocycles. The van der Waals surface area contributed by atoms with Gasteiger partial charge in [-0.05, 0) is 48.4 Å². The Bertz CT molecular complexity index is 751. The summed E-state index contributed by atoms with van der Waals surface area (Å²) in [6.07, 6.45) is 6.72. The summed E-state index contributed by atoms with van der Waals surface area (Å²) in [6, 6.07) is 5.51. The highest BCUT2D eigenvalue weighted by molar-refractivity contribution is 9.10. The topological polar surface area (TPSA) is 55.3 Å². The van der Waals surface area contributed by atoms with Crippen molar-refractivity contribution < 1.29 is 9.53 Å². The zero-order valence-electron chi connectivity index (χ0n) is 15.2. The summed E-state index contributed by atoms with van der Waals surface area (Å²) in [5, 5.41) is 0. The first-order valence-electron chi connectivity index (χ1n) is 9.04. The minimum Gasteiger partial charge on any atom is -0.493 e. The van der Waals surface area contributed by atoms with Crippen LogP contribution < -0.4 is 9.64 Å². The summed E-state index contributed by atoms with van der Waals surface area (Å²) < 4.78 is 6.80. The van der Waals surface area contributed by atoms with Crippen LogP contribution in [0, 0.1) is 11.8 Å². The minimum absolute atomic E-state index is 0.387. The summed E-state index contributed by atoms with van der Waals surface area (Å²) in [5.41, 5.74) is 1.73. The maximum atomic E-state index is 11.2. The van der Waals surface area contributed by atoms with E-state index in [4.69, 9.17) is 4.74 Å². The summed E-state index contributed by atoms with van der Waals surface area (Å²) in [7, 11) is 0. The highest BCUT2D eigenvalue weighted by Crippen LogP contribution is 2.28. The molecule has 1 aromatic carbocycles. The number of benzene rings is 1. The van der Waals surface area contributed by atoms with Crippen LogP contribution in [0.4, 0.5) is 5.95 Å². The molecular weight excluding hydrogens is 394 g/mol. The lowest BCUT2D eigenvalue weighted by Crippen LogP contribution is -2.25. The third-order valence-electron chi connectivity index (χ3n) is 5.01. The number of carbonyl (C=O) groups is 1.